The van der Waals surface area contributed by atoms with E-state index in [9.17, 15) is 4.39 Å². The van der Waals surface area contributed by atoms with Gasteiger partial charge in [-0.1, -0.05) is 36.4 Å². The summed E-state index contributed by atoms with van der Waals surface area (Å²) in [4.78, 5) is 9.51. The second-order valence-corrected chi connectivity index (χ2v) is 9.00. The number of hydrogen-bond donors (Lipinski definition) is 0. The Balaban J connectivity index is 1.51. The van der Waals surface area contributed by atoms with Gasteiger partial charge >= 0.3 is 0 Å². The van der Waals surface area contributed by atoms with Crippen LogP contribution in [0.5, 0.6) is 17.5 Å². The van der Waals surface area contributed by atoms with Gasteiger partial charge in [-0.3, -0.25) is 0 Å². The molecule has 7 rings (SSSR count). The standard InChI is InChI=1S/C29H21FN6O2/c1-17-23-24(21-10-6-7-11-22(21)37-2)25-27-32-26(18-12-14-19(30)15-13-18)34-35(27)16-31-28(25)38-29(23)36(33-17)20-8-4-3-5-9-20/h3-16,24H,1-2H3. The third-order valence-electron chi connectivity index (χ3n) is 6.77. The second-order valence-electron chi connectivity index (χ2n) is 9.00. The van der Waals surface area contributed by atoms with Gasteiger partial charge in [0.05, 0.1) is 35.5 Å². The highest BCUT2D eigenvalue weighted by atomic mass is 19.1. The monoisotopic (exact) mass is 504 g/mol. The average molecular weight is 505 g/mol. The molecule has 38 heavy (non-hydrogen) atoms. The van der Waals surface area contributed by atoms with Crippen molar-refractivity contribution in [1.82, 2.24) is 29.4 Å². The van der Waals surface area contributed by atoms with Crippen LogP contribution in [0.4, 0.5) is 4.39 Å². The molecule has 0 aliphatic carbocycles. The Morgan fingerprint density at radius 2 is 1.66 bits per heavy atom. The van der Waals surface area contributed by atoms with E-state index in [1.165, 1.54) is 12.1 Å². The molecule has 1 atom stereocenters. The van der Waals surface area contributed by atoms with Gasteiger partial charge in [-0.05, 0) is 49.4 Å². The molecule has 0 saturated carbocycles. The largest absolute Gasteiger partial charge is 0.496 e. The first-order valence-electron chi connectivity index (χ1n) is 12.1. The van der Waals surface area contributed by atoms with Gasteiger partial charge in [0.1, 0.15) is 17.9 Å². The van der Waals surface area contributed by atoms with Crippen LogP contribution < -0.4 is 9.47 Å². The van der Waals surface area contributed by atoms with Gasteiger partial charge in [0.25, 0.3) is 0 Å². The Kier molecular flexibility index (Phi) is 4.97. The van der Waals surface area contributed by atoms with E-state index < -0.39 is 0 Å². The number of methoxy groups -OCH3 is 1. The van der Waals surface area contributed by atoms with Crippen LogP contribution in [0.3, 0.4) is 0 Å². The van der Waals surface area contributed by atoms with Gasteiger partial charge < -0.3 is 9.47 Å². The summed E-state index contributed by atoms with van der Waals surface area (Å²) in [6.45, 7) is 1.97. The molecule has 1 unspecified atom stereocenters. The zero-order valence-corrected chi connectivity index (χ0v) is 20.5. The summed E-state index contributed by atoms with van der Waals surface area (Å²) in [7, 11) is 1.66. The first kappa shape index (κ1) is 22.2. The van der Waals surface area contributed by atoms with Crippen LogP contribution in [0.25, 0.3) is 22.7 Å². The molecule has 0 saturated heterocycles. The lowest BCUT2D eigenvalue weighted by atomic mass is 9.84. The van der Waals surface area contributed by atoms with Crippen molar-refractivity contribution in [2.75, 3.05) is 7.11 Å². The van der Waals surface area contributed by atoms with Crippen molar-refractivity contribution in [3.63, 3.8) is 0 Å². The van der Waals surface area contributed by atoms with Crippen molar-refractivity contribution in [2.24, 2.45) is 0 Å². The smallest absolute Gasteiger partial charge is 0.230 e. The molecule has 0 fully saturated rings. The van der Waals surface area contributed by atoms with E-state index >= 15 is 0 Å². The molecule has 0 bridgehead atoms. The maximum atomic E-state index is 13.6. The maximum absolute atomic E-state index is 13.6. The second kappa shape index (κ2) is 8.52. The number of ether oxygens (including phenoxy) is 2. The molecule has 8 nitrogen and oxygen atoms in total. The summed E-state index contributed by atoms with van der Waals surface area (Å²) in [6, 6.07) is 23.8. The number of nitrogens with zero attached hydrogens (tertiary/aromatic N) is 6. The highest BCUT2D eigenvalue weighted by Gasteiger charge is 2.39. The Bertz CT molecular complexity index is 1810. The van der Waals surface area contributed by atoms with Crippen molar-refractivity contribution < 1.29 is 13.9 Å². The van der Waals surface area contributed by atoms with Crippen molar-refractivity contribution >= 4 is 5.65 Å². The number of halogens is 1. The molecule has 3 aromatic heterocycles. The van der Waals surface area contributed by atoms with Crippen molar-refractivity contribution in [3.8, 4) is 34.6 Å². The number of rotatable bonds is 4. The van der Waals surface area contributed by atoms with Gasteiger partial charge in [0.15, 0.2) is 11.5 Å². The van der Waals surface area contributed by atoms with E-state index in [-0.39, 0.29) is 11.7 Å². The van der Waals surface area contributed by atoms with E-state index in [0.29, 0.717) is 28.8 Å². The van der Waals surface area contributed by atoms with E-state index in [4.69, 9.17) is 19.6 Å². The van der Waals surface area contributed by atoms with Gasteiger partial charge in [-0.2, -0.15) is 5.10 Å². The number of benzene rings is 3. The Hall–Kier alpha value is -5.05. The minimum atomic E-state index is -0.344. The van der Waals surface area contributed by atoms with Crippen LogP contribution in [0.1, 0.15) is 28.3 Å². The normalized spacial score (nSPS) is 14.1. The molecular weight excluding hydrogens is 483 g/mol. The highest BCUT2D eigenvalue weighted by molar-refractivity contribution is 5.69. The SMILES string of the molecule is COc1ccccc1C1c2c(C)nn(-c3ccccc3)c2Oc2ncn3nc(-c4ccc(F)cc4)nc3c21. The van der Waals surface area contributed by atoms with Crippen LogP contribution in [-0.2, 0) is 0 Å². The summed E-state index contributed by atoms with van der Waals surface area (Å²) in [5.74, 6) is 1.52. The van der Waals surface area contributed by atoms with Gasteiger partial charge in [0, 0.05) is 11.1 Å². The zero-order chi connectivity index (χ0) is 25.8. The van der Waals surface area contributed by atoms with Crippen LogP contribution in [0.15, 0.2) is 85.2 Å². The Morgan fingerprint density at radius 1 is 0.895 bits per heavy atom. The van der Waals surface area contributed by atoms with Crippen molar-refractivity contribution in [3.05, 3.63) is 113 Å². The summed E-state index contributed by atoms with van der Waals surface area (Å²) in [5.41, 5.74) is 5.55. The van der Waals surface area contributed by atoms with Gasteiger partial charge in [-0.25, -0.2) is 23.6 Å². The molecule has 0 N–H and O–H groups in total. The van der Waals surface area contributed by atoms with Crippen molar-refractivity contribution in [1.29, 1.82) is 0 Å². The fourth-order valence-corrected chi connectivity index (χ4v) is 5.06. The Labute approximate surface area is 216 Å². The van der Waals surface area contributed by atoms with E-state index in [1.807, 2.05) is 61.5 Å². The molecule has 1 aliphatic heterocycles. The van der Waals surface area contributed by atoms with Crippen LogP contribution in [-0.4, -0.2) is 36.5 Å². The topological polar surface area (TPSA) is 79.4 Å². The molecular formula is C29H21FN6O2. The molecule has 9 heteroatoms. The molecule has 0 amide bonds. The molecule has 186 valence electrons. The van der Waals surface area contributed by atoms with Gasteiger partial charge in [0.2, 0.25) is 11.8 Å². The molecule has 0 spiro atoms. The molecule has 6 aromatic rings. The van der Waals surface area contributed by atoms with E-state index in [2.05, 4.69) is 10.1 Å². The first-order chi connectivity index (χ1) is 18.6. The molecule has 4 heterocycles. The van der Waals surface area contributed by atoms with E-state index in [0.717, 1.165) is 33.8 Å². The predicted molar refractivity (Wildman–Crippen MR) is 138 cm³/mol. The minimum absolute atomic E-state index is 0.320. The summed E-state index contributed by atoms with van der Waals surface area (Å²) >= 11 is 0. The van der Waals surface area contributed by atoms with E-state index in [1.54, 1.807) is 34.8 Å². The number of fused-ring (bicyclic) bond motifs is 4. The molecule has 1 aliphatic rings. The van der Waals surface area contributed by atoms with Crippen LogP contribution in [0, 0.1) is 12.7 Å². The number of hydrogen-bond acceptors (Lipinski definition) is 6. The fourth-order valence-electron chi connectivity index (χ4n) is 5.06. The summed E-state index contributed by atoms with van der Waals surface area (Å²) in [5, 5.41) is 9.50. The quantitative estimate of drug-likeness (QED) is 0.305. The fraction of sp³-hybridized carbons (Fsp3) is 0.103. The van der Waals surface area contributed by atoms with Crippen LogP contribution in [0.2, 0.25) is 0 Å². The number of aromatic nitrogens is 6. The lowest BCUT2D eigenvalue weighted by Crippen LogP contribution is -2.16. The summed E-state index contributed by atoms with van der Waals surface area (Å²) < 4.78 is 29.2. The molecule has 0 radical (unpaired) electrons. The minimum Gasteiger partial charge on any atom is -0.496 e. The number of para-hydroxylation sites is 2. The third-order valence-corrected chi connectivity index (χ3v) is 6.77. The third kappa shape index (κ3) is 3.36. The highest BCUT2D eigenvalue weighted by Crippen LogP contribution is 2.51. The molecule has 3 aromatic carbocycles. The van der Waals surface area contributed by atoms with Crippen molar-refractivity contribution in [2.45, 2.75) is 12.8 Å². The Morgan fingerprint density at radius 3 is 2.45 bits per heavy atom. The predicted octanol–water partition coefficient (Wildman–Crippen LogP) is 5.72. The number of aryl methyl sites for hydroxylation is 1. The first-order valence-corrected chi connectivity index (χ1v) is 12.1. The average Bonchev–Trinajstić information content (AvgIpc) is 3.54. The maximum Gasteiger partial charge on any atom is 0.230 e. The van der Waals surface area contributed by atoms with Gasteiger partial charge in [-0.15, -0.1) is 5.10 Å². The lowest BCUT2D eigenvalue weighted by Gasteiger charge is -2.27. The van der Waals surface area contributed by atoms with Crippen LogP contribution >= 0.6 is 0 Å². The lowest BCUT2D eigenvalue weighted by molar-refractivity contribution is 0.393. The zero-order valence-electron chi connectivity index (χ0n) is 20.5. The summed E-state index contributed by atoms with van der Waals surface area (Å²) in [6.07, 6.45) is 1.58.